The van der Waals surface area contributed by atoms with Gasteiger partial charge in [0, 0.05) is 18.7 Å². The SMILES string of the molecule is C#Cc1ccc(CCC2CCN(C(=O)OC(C)(C)C)CC2)cc1. The second kappa shape index (κ2) is 7.55. The van der Waals surface area contributed by atoms with E-state index in [4.69, 9.17) is 11.2 Å². The normalized spacial score (nSPS) is 16.0. The maximum Gasteiger partial charge on any atom is 0.410 e. The molecule has 1 aliphatic heterocycles. The molecule has 1 aliphatic rings. The van der Waals surface area contributed by atoms with Crippen molar-refractivity contribution in [2.75, 3.05) is 13.1 Å². The third kappa shape index (κ3) is 5.63. The molecule has 1 amide bonds. The zero-order valence-electron chi connectivity index (χ0n) is 14.5. The lowest BCUT2D eigenvalue weighted by molar-refractivity contribution is 0.0181. The average Bonchev–Trinajstić information content (AvgIpc) is 2.52. The number of terminal acetylenes is 1. The number of benzene rings is 1. The summed E-state index contributed by atoms with van der Waals surface area (Å²) in [6, 6.07) is 8.23. The van der Waals surface area contributed by atoms with E-state index in [1.165, 1.54) is 5.56 Å². The number of carbonyl (C=O) groups excluding carboxylic acids is 1. The fourth-order valence-corrected chi connectivity index (χ4v) is 2.87. The minimum absolute atomic E-state index is 0.180. The summed E-state index contributed by atoms with van der Waals surface area (Å²) < 4.78 is 5.43. The van der Waals surface area contributed by atoms with Gasteiger partial charge in [-0.1, -0.05) is 18.1 Å². The zero-order chi connectivity index (χ0) is 16.9. The van der Waals surface area contributed by atoms with E-state index in [9.17, 15) is 4.79 Å². The summed E-state index contributed by atoms with van der Waals surface area (Å²) in [5.41, 5.74) is 1.84. The van der Waals surface area contributed by atoms with Crippen LogP contribution in [0, 0.1) is 18.3 Å². The lowest BCUT2D eigenvalue weighted by atomic mass is 9.90. The van der Waals surface area contributed by atoms with Crippen LogP contribution in [0.3, 0.4) is 0 Å². The number of likely N-dealkylation sites (tertiary alicyclic amines) is 1. The maximum atomic E-state index is 12.0. The van der Waals surface area contributed by atoms with Crippen molar-refractivity contribution in [2.24, 2.45) is 5.92 Å². The Morgan fingerprint density at radius 3 is 2.39 bits per heavy atom. The molecule has 1 aromatic carbocycles. The van der Waals surface area contributed by atoms with Crippen molar-refractivity contribution in [3.63, 3.8) is 0 Å². The molecule has 1 saturated heterocycles. The molecule has 0 radical (unpaired) electrons. The molecule has 0 aliphatic carbocycles. The lowest BCUT2D eigenvalue weighted by Gasteiger charge is -2.33. The summed E-state index contributed by atoms with van der Waals surface area (Å²) >= 11 is 0. The van der Waals surface area contributed by atoms with E-state index in [0.717, 1.165) is 44.3 Å². The predicted octanol–water partition coefficient (Wildman–Crippen LogP) is 4.25. The summed E-state index contributed by atoms with van der Waals surface area (Å²) in [6.45, 7) is 7.32. The van der Waals surface area contributed by atoms with Crippen molar-refractivity contribution < 1.29 is 9.53 Å². The van der Waals surface area contributed by atoms with E-state index in [-0.39, 0.29) is 6.09 Å². The molecule has 124 valence electrons. The van der Waals surface area contributed by atoms with Crippen LogP contribution in [0.5, 0.6) is 0 Å². The third-order valence-electron chi connectivity index (χ3n) is 4.23. The number of piperidine rings is 1. The van der Waals surface area contributed by atoms with Gasteiger partial charge in [-0.25, -0.2) is 4.79 Å². The summed E-state index contributed by atoms with van der Waals surface area (Å²) in [4.78, 5) is 13.9. The van der Waals surface area contributed by atoms with Crippen molar-refractivity contribution in [1.29, 1.82) is 0 Å². The van der Waals surface area contributed by atoms with E-state index in [1.807, 2.05) is 37.8 Å². The van der Waals surface area contributed by atoms with Crippen LogP contribution in [-0.4, -0.2) is 29.7 Å². The van der Waals surface area contributed by atoms with E-state index < -0.39 is 5.60 Å². The average molecular weight is 313 g/mol. The highest BCUT2D eigenvalue weighted by Crippen LogP contribution is 2.24. The number of hydrogen-bond acceptors (Lipinski definition) is 2. The molecular formula is C20H27NO2. The highest BCUT2D eigenvalue weighted by atomic mass is 16.6. The minimum atomic E-state index is -0.418. The first-order chi connectivity index (χ1) is 10.9. The minimum Gasteiger partial charge on any atom is -0.444 e. The molecule has 0 bridgehead atoms. The van der Waals surface area contributed by atoms with Crippen LogP contribution in [0.2, 0.25) is 0 Å². The monoisotopic (exact) mass is 313 g/mol. The summed E-state index contributed by atoms with van der Waals surface area (Å²) in [6.07, 6.45) is 9.54. The van der Waals surface area contributed by atoms with Gasteiger partial charge in [-0.3, -0.25) is 0 Å². The number of aryl methyl sites for hydroxylation is 1. The fourth-order valence-electron chi connectivity index (χ4n) is 2.87. The molecule has 0 spiro atoms. The Hall–Kier alpha value is -1.95. The number of amides is 1. The van der Waals surface area contributed by atoms with Gasteiger partial charge in [-0.05, 0) is 70.1 Å². The second-order valence-corrected chi connectivity index (χ2v) is 7.29. The first-order valence-corrected chi connectivity index (χ1v) is 8.41. The Kier molecular flexibility index (Phi) is 5.71. The molecule has 0 N–H and O–H groups in total. The first-order valence-electron chi connectivity index (χ1n) is 8.41. The Labute approximate surface area is 140 Å². The molecule has 1 fully saturated rings. The lowest BCUT2D eigenvalue weighted by Crippen LogP contribution is -2.41. The molecule has 0 atom stereocenters. The van der Waals surface area contributed by atoms with E-state index in [2.05, 4.69) is 18.1 Å². The molecular weight excluding hydrogens is 286 g/mol. The molecule has 2 rings (SSSR count). The van der Waals surface area contributed by atoms with Gasteiger partial charge >= 0.3 is 6.09 Å². The Balaban J connectivity index is 1.74. The van der Waals surface area contributed by atoms with Crippen LogP contribution in [0.4, 0.5) is 4.79 Å². The number of hydrogen-bond donors (Lipinski definition) is 0. The molecule has 0 saturated carbocycles. The Morgan fingerprint density at radius 1 is 1.26 bits per heavy atom. The van der Waals surface area contributed by atoms with Gasteiger partial charge in [0.1, 0.15) is 5.60 Å². The van der Waals surface area contributed by atoms with Crippen LogP contribution < -0.4 is 0 Å². The van der Waals surface area contributed by atoms with E-state index >= 15 is 0 Å². The zero-order valence-corrected chi connectivity index (χ0v) is 14.5. The standard InChI is InChI=1S/C20H27NO2/c1-5-16-6-8-17(9-7-16)10-11-18-12-14-21(15-13-18)19(22)23-20(2,3)4/h1,6-9,18H,10-15H2,2-4H3. The Bertz CT molecular complexity index is 555. The molecule has 3 nitrogen and oxygen atoms in total. The number of rotatable bonds is 3. The van der Waals surface area contributed by atoms with Gasteiger partial charge in [0.15, 0.2) is 0 Å². The molecule has 23 heavy (non-hydrogen) atoms. The van der Waals surface area contributed by atoms with E-state index in [0.29, 0.717) is 5.92 Å². The van der Waals surface area contributed by atoms with Gasteiger partial charge in [0.2, 0.25) is 0 Å². The van der Waals surface area contributed by atoms with Crippen LogP contribution in [0.15, 0.2) is 24.3 Å². The number of nitrogens with zero attached hydrogens (tertiary/aromatic N) is 1. The third-order valence-corrected chi connectivity index (χ3v) is 4.23. The molecule has 0 aromatic heterocycles. The molecule has 1 heterocycles. The van der Waals surface area contributed by atoms with E-state index in [1.54, 1.807) is 0 Å². The smallest absolute Gasteiger partial charge is 0.410 e. The van der Waals surface area contributed by atoms with Gasteiger partial charge in [-0.2, -0.15) is 0 Å². The van der Waals surface area contributed by atoms with Gasteiger partial charge in [-0.15, -0.1) is 6.42 Å². The highest BCUT2D eigenvalue weighted by Gasteiger charge is 2.26. The van der Waals surface area contributed by atoms with Crippen molar-refractivity contribution in [3.05, 3.63) is 35.4 Å². The summed E-state index contributed by atoms with van der Waals surface area (Å²) in [7, 11) is 0. The Morgan fingerprint density at radius 2 is 1.87 bits per heavy atom. The largest absolute Gasteiger partial charge is 0.444 e. The maximum absolute atomic E-state index is 12.0. The van der Waals surface area contributed by atoms with Crippen LogP contribution >= 0.6 is 0 Å². The van der Waals surface area contributed by atoms with Crippen molar-refractivity contribution >= 4 is 6.09 Å². The van der Waals surface area contributed by atoms with Crippen molar-refractivity contribution in [3.8, 4) is 12.3 Å². The highest BCUT2D eigenvalue weighted by molar-refractivity contribution is 5.68. The molecule has 3 heteroatoms. The molecule has 0 unspecified atom stereocenters. The van der Waals surface area contributed by atoms with Crippen LogP contribution in [-0.2, 0) is 11.2 Å². The number of carbonyl (C=O) groups is 1. The fraction of sp³-hybridized carbons (Fsp3) is 0.550. The quantitative estimate of drug-likeness (QED) is 0.781. The molecule has 1 aromatic rings. The van der Waals surface area contributed by atoms with Crippen LogP contribution in [0.25, 0.3) is 0 Å². The second-order valence-electron chi connectivity index (χ2n) is 7.29. The summed E-state index contributed by atoms with van der Waals surface area (Å²) in [5, 5.41) is 0. The van der Waals surface area contributed by atoms with Gasteiger partial charge < -0.3 is 9.64 Å². The topological polar surface area (TPSA) is 29.5 Å². The van der Waals surface area contributed by atoms with Gasteiger partial charge in [0.05, 0.1) is 0 Å². The van der Waals surface area contributed by atoms with Gasteiger partial charge in [0.25, 0.3) is 0 Å². The van der Waals surface area contributed by atoms with Crippen LogP contribution in [0.1, 0.15) is 51.2 Å². The van der Waals surface area contributed by atoms with Crippen molar-refractivity contribution in [2.45, 2.75) is 52.1 Å². The first kappa shape index (κ1) is 17.4. The predicted molar refractivity (Wildman–Crippen MR) is 93.2 cm³/mol. The summed E-state index contributed by atoms with van der Waals surface area (Å²) in [5.74, 6) is 3.32. The number of ether oxygens (including phenoxy) is 1. The van der Waals surface area contributed by atoms with Crippen molar-refractivity contribution in [1.82, 2.24) is 4.90 Å².